The molecular weight excluding hydrogens is 234 g/mol. The maximum absolute atomic E-state index is 11.6. The lowest BCUT2D eigenvalue weighted by Gasteiger charge is -2.40. The lowest BCUT2D eigenvalue weighted by atomic mass is 9.97. The van der Waals surface area contributed by atoms with Gasteiger partial charge in [0.25, 0.3) is 0 Å². The second-order valence-corrected chi connectivity index (χ2v) is 4.51. The highest BCUT2D eigenvalue weighted by Gasteiger charge is 2.39. The number of ketones is 1. The summed E-state index contributed by atoms with van der Waals surface area (Å²) in [6.45, 7) is 6.07. The van der Waals surface area contributed by atoms with Crippen molar-refractivity contribution in [1.29, 1.82) is 0 Å². The van der Waals surface area contributed by atoms with Gasteiger partial charge in [0.05, 0.1) is 12.7 Å². The van der Waals surface area contributed by atoms with E-state index in [1.54, 1.807) is 0 Å². The van der Waals surface area contributed by atoms with Gasteiger partial charge in [0.2, 0.25) is 0 Å². The first-order valence-electron chi connectivity index (χ1n) is 6.77. The first-order chi connectivity index (χ1) is 8.65. The van der Waals surface area contributed by atoms with Crippen LogP contribution in [0.2, 0.25) is 0 Å². The Balaban J connectivity index is 2.54. The van der Waals surface area contributed by atoms with Crippen LogP contribution in [0.25, 0.3) is 0 Å². The lowest BCUT2D eigenvalue weighted by molar-refractivity contribution is -0.276. The van der Waals surface area contributed by atoms with Crippen LogP contribution >= 0.6 is 0 Å². The van der Waals surface area contributed by atoms with E-state index in [1.807, 2.05) is 13.8 Å². The van der Waals surface area contributed by atoms with Gasteiger partial charge in [0.1, 0.15) is 5.78 Å². The fourth-order valence-electron chi connectivity index (χ4n) is 2.37. The summed E-state index contributed by atoms with van der Waals surface area (Å²) < 4.78 is 17.1. The summed E-state index contributed by atoms with van der Waals surface area (Å²) in [6, 6.07) is 0. The van der Waals surface area contributed by atoms with E-state index in [1.165, 1.54) is 0 Å². The third kappa shape index (κ3) is 4.65. The molecule has 1 fully saturated rings. The number of carbonyl (C=O) groups excluding carboxylic acids is 1. The Kier molecular flexibility index (Phi) is 6.78. The minimum Gasteiger partial charge on any atom is -0.377 e. The molecule has 18 heavy (non-hydrogen) atoms. The van der Waals surface area contributed by atoms with E-state index in [0.29, 0.717) is 45.6 Å². The van der Waals surface area contributed by atoms with Crippen LogP contribution in [0, 0.1) is 0 Å². The van der Waals surface area contributed by atoms with Crippen molar-refractivity contribution >= 4 is 5.78 Å². The highest BCUT2D eigenvalue weighted by Crippen LogP contribution is 2.31. The molecule has 1 saturated heterocycles. The van der Waals surface area contributed by atoms with Crippen molar-refractivity contribution in [2.75, 3.05) is 26.4 Å². The average Bonchev–Trinajstić information content (AvgIpc) is 2.30. The molecule has 0 radical (unpaired) electrons. The molecule has 0 aliphatic carbocycles. The van der Waals surface area contributed by atoms with Gasteiger partial charge in [-0.15, -0.1) is 0 Å². The first-order valence-corrected chi connectivity index (χ1v) is 6.77. The molecule has 5 heteroatoms. The van der Waals surface area contributed by atoms with Gasteiger partial charge >= 0.3 is 0 Å². The molecule has 1 rings (SSSR count). The number of hydrogen-bond acceptors (Lipinski definition) is 5. The fourth-order valence-corrected chi connectivity index (χ4v) is 2.37. The van der Waals surface area contributed by atoms with E-state index in [-0.39, 0.29) is 11.9 Å². The van der Waals surface area contributed by atoms with Crippen molar-refractivity contribution < 1.29 is 19.0 Å². The summed E-state index contributed by atoms with van der Waals surface area (Å²) in [7, 11) is 0. The van der Waals surface area contributed by atoms with Gasteiger partial charge in [-0.2, -0.15) is 0 Å². The molecule has 1 unspecified atom stereocenters. The molecule has 0 bridgehead atoms. The summed E-state index contributed by atoms with van der Waals surface area (Å²) in [5, 5.41) is 0. The van der Waals surface area contributed by atoms with Crippen LogP contribution in [0.3, 0.4) is 0 Å². The van der Waals surface area contributed by atoms with E-state index in [2.05, 4.69) is 0 Å². The molecule has 0 aromatic rings. The van der Waals surface area contributed by atoms with Gasteiger partial charge in [-0.05, 0) is 20.4 Å². The quantitative estimate of drug-likeness (QED) is 0.664. The van der Waals surface area contributed by atoms with Crippen molar-refractivity contribution in [1.82, 2.24) is 0 Å². The zero-order valence-electron chi connectivity index (χ0n) is 11.4. The molecule has 0 amide bonds. The number of ether oxygens (including phenoxy) is 3. The largest absolute Gasteiger partial charge is 0.377 e. The SMILES string of the molecule is CCOC1(OCC)CCOC(CC(=O)CCN)C1. The van der Waals surface area contributed by atoms with E-state index >= 15 is 0 Å². The second kappa shape index (κ2) is 7.84. The van der Waals surface area contributed by atoms with Crippen LogP contribution in [0.1, 0.15) is 39.5 Å². The minimum absolute atomic E-state index is 0.115. The van der Waals surface area contributed by atoms with Gasteiger partial charge in [-0.25, -0.2) is 0 Å². The molecule has 0 aromatic carbocycles. The number of carbonyl (C=O) groups is 1. The topological polar surface area (TPSA) is 70.8 Å². The second-order valence-electron chi connectivity index (χ2n) is 4.51. The van der Waals surface area contributed by atoms with Gasteiger partial charge in [0, 0.05) is 38.9 Å². The van der Waals surface area contributed by atoms with Gasteiger partial charge in [0.15, 0.2) is 5.79 Å². The molecule has 1 aliphatic rings. The Bertz CT molecular complexity index is 246. The van der Waals surface area contributed by atoms with E-state index in [0.717, 1.165) is 6.42 Å². The van der Waals surface area contributed by atoms with Gasteiger partial charge < -0.3 is 19.9 Å². The van der Waals surface area contributed by atoms with Crippen molar-refractivity contribution in [2.24, 2.45) is 5.73 Å². The number of nitrogens with two attached hydrogens (primary N) is 1. The fraction of sp³-hybridized carbons (Fsp3) is 0.923. The standard InChI is InChI=1S/C13H25NO4/c1-3-17-13(18-4-2)6-8-16-12(10-13)9-11(15)5-7-14/h12H,3-10,14H2,1-2H3. The molecule has 0 aromatic heterocycles. The highest BCUT2D eigenvalue weighted by atomic mass is 16.7. The first kappa shape index (κ1) is 15.6. The van der Waals surface area contributed by atoms with Crippen molar-refractivity contribution in [3.63, 3.8) is 0 Å². The van der Waals surface area contributed by atoms with E-state index in [9.17, 15) is 4.79 Å². The third-order valence-corrected chi connectivity index (χ3v) is 3.07. The van der Waals surface area contributed by atoms with Crippen molar-refractivity contribution in [3.05, 3.63) is 0 Å². The third-order valence-electron chi connectivity index (χ3n) is 3.07. The zero-order chi connectivity index (χ0) is 13.4. The summed E-state index contributed by atoms with van der Waals surface area (Å²) >= 11 is 0. The summed E-state index contributed by atoms with van der Waals surface area (Å²) in [6.07, 6.45) is 2.03. The normalized spacial score (nSPS) is 22.9. The molecule has 1 heterocycles. The van der Waals surface area contributed by atoms with E-state index < -0.39 is 5.79 Å². The summed E-state index contributed by atoms with van der Waals surface area (Å²) in [5.41, 5.74) is 5.37. The molecule has 1 atom stereocenters. The Hall–Kier alpha value is -0.490. The van der Waals surface area contributed by atoms with Crippen LogP contribution in [0.4, 0.5) is 0 Å². The predicted octanol–water partition coefficient (Wildman–Crippen LogP) is 1.24. The Morgan fingerprint density at radius 1 is 1.39 bits per heavy atom. The van der Waals surface area contributed by atoms with Crippen LogP contribution in [0.5, 0.6) is 0 Å². The zero-order valence-corrected chi connectivity index (χ0v) is 11.4. The molecule has 2 N–H and O–H groups in total. The van der Waals surface area contributed by atoms with Crippen LogP contribution in [-0.4, -0.2) is 44.0 Å². The smallest absolute Gasteiger partial charge is 0.172 e. The molecule has 5 nitrogen and oxygen atoms in total. The Morgan fingerprint density at radius 2 is 2.06 bits per heavy atom. The van der Waals surface area contributed by atoms with Crippen LogP contribution < -0.4 is 5.73 Å². The number of Topliss-reactive ketones (excluding diaryl/α,β-unsaturated/α-hetero) is 1. The Labute approximate surface area is 109 Å². The molecule has 106 valence electrons. The molecule has 0 saturated carbocycles. The maximum Gasteiger partial charge on any atom is 0.172 e. The predicted molar refractivity (Wildman–Crippen MR) is 68.3 cm³/mol. The van der Waals surface area contributed by atoms with Gasteiger partial charge in [-0.3, -0.25) is 4.79 Å². The summed E-state index contributed by atoms with van der Waals surface area (Å²) in [5.74, 6) is -0.429. The average molecular weight is 259 g/mol. The van der Waals surface area contributed by atoms with Crippen LogP contribution in [0.15, 0.2) is 0 Å². The Morgan fingerprint density at radius 3 is 2.61 bits per heavy atom. The number of hydrogen-bond donors (Lipinski definition) is 1. The van der Waals surface area contributed by atoms with Crippen molar-refractivity contribution in [3.8, 4) is 0 Å². The van der Waals surface area contributed by atoms with Crippen molar-refractivity contribution in [2.45, 2.75) is 51.4 Å². The monoisotopic (exact) mass is 259 g/mol. The highest BCUT2D eigenvalue weighted by molar-refractivity contribution is 5.79. The molecule has 1 aliphatic heterocycles. The van der Waals surface area contributed by atoms with Gasteiger partial charge in [-0.1, -0.05) is 0 Å². The summed E-state index contributed by atoms with van der Waals surface area (Å²) in [4.78, 5) is 11.6. The lowest BCUT2D eigenvalue weighted by Crippen LogP contribution is -2.46. The molecule has 0 spiro atoms. The molecular formula is C13H25NO4. The number of rotatable bonds is 8. The maximum atomic E-state index is 11.6. The van der Waals surface area contributed by atoms with E-state index in [4.69, 9.17) is 19.9 Å². The van der Waals surface area contributed by atoms with Crippen LogP contribution in [-0.2, 0) is 19.0 Å². The minimum atomic E-state index is -0.574.